The second kappa shape index (κ2) is 18.8. The highest BCUT2D eigenvalue weighted by Crippen LogP contribution is 2.77. The van der Waals surface area contributed by atoms with Crippen LogP contribution in [0.5, 0.6) is 0 Å². The molecule has 0 radical (unpaired) electrons. The number of aliphatic hydroxyl groups excluding tert-OH is 3. The summed E-state index contributed by atoms with van der Waals surface area (Å²) in [6, 6.07) is 0. The largest absolute Gasteiger partial charge is 0.481 e. The zero-order valence-electron chi connectivity index (χ0n) is 36.2. The Labute approximate surface area is 339 Å². The summed E-state index contributed by atoms with van der Waals surface area (Å²) in [5, 5.41) is 53.1. The highest BCUT2D eigenvalue weighted by atomic mass is 16.6. The minimum atomic E-state index is -1.04. The molecule has 0 aromatic carbocycles. The van der Waals surface area contributed by atoms with Crippen LogP contribution >= 0.6 is 0 Å². The number of hydrogen-bond acceptors (Lipinski definition) is 10. The number of carbonyl (C=O) groups excluding carboxylic acids is 1. The molecule has 0 aromatic heterocycles. The molecule has 1 heterocycles. The Morgan fingerprint density at radius 2 is 1.32 bits per heavy atom. The van der Waals surface area contributed by atoms with Gasteiger partial charge in [0, 0.05) is 39.5 Å². The Morgan fingerprint density at radius 1 is 0.737 bits per heavy atom. The zero-order chi connectivity index (χ0) is 43.5. The zero-order valence-corrected chi connectivity index (χ0v) is 36.2. The van der Waals surface area contributed by atoms with E-state index in [1.807, 2.05) is 0 Å². The van der Waals surface area contributed by atoms with Gasteiger partial charge in [-0.1, -0.05) is 46.8 Å². The van der Waals surface area contributed by atoms with Crippen molar-refractivity contribution < 1.29 is 64.0 Å². The van der Waals surface area contributed by atoms with Crippen LogP contribution in [0.25, 0.3) is 0 Å². The van der Waals surface area contributed by atoms with Crippen LogP contribution in [-0.4, -0.2) is 98.4 Å². The summed E-state index contributed by atoms with van der Waals surface area (Å²) in [6.07, 6.45) is 8.39. The molecule has 5 aliphatic carbocycles. The summed E-state index contributed by atoms with van der Waals surface area (Å²) >= 11 is 0. The van der Waals surface area contributed by atoms with E-state index in [9.17, 15) is 20.1 Å². The third kappa shape index (κ3) is 10.1. The Bertz CT molecular complexity index is 1410. The molecule has 0 bridgehead atoms. The predicted molar refractivity (Wildman–Crippen MR) is 213 cm³/mol. The van der Waals surface area contributed by atoms with Crippen molar-refractivity contribution in [3.8, 4) is 0 Å². The van der Waals surface area contributed by atoms with E-state index in [2.05, 4.69) is 48.1 Å². The van der Waals surface area contributed by atoms with Gasteiger partial charge in [-0.3, -0.25) is 19.2 Å². The maximum atomic E-state index is 12.0. The van der Waals surface area contributed by atoms with E-state index in [0.29, 0.717) is 36.2 Å². The number of aliphatic carboxylic acids is 3. The fourth-order valence-electron chi connectivity index (χ4n) is 13.4. The number of carboxylic acid groups (broad SMARTS) is 3. The topological polar surface area (TPSA) is 217 Å². The van der Waals surface area contributed by atoms with Crippen molar-refractivity contribution in [2.45, 2.75) is 171 Å². The van der Waals surface area contributed by atoms with Crippen LogP contribution in [0.4, 0.5) is 0 Å². The summed E-state index contributed by atoms with van der Waals surface area (Å²) in [5.41, 5.74) is 1.96. The lowest BCUT2D eigenvalue weighted by atomic mass is 9.32. The van der Waals surface area contributed by atoms with Crippen molar-refractivity contribution in [1.29, 1.82) is 0 Å². The van der Waals surface area contributed by atoms with Gasteiger partial charge in [-0.05, 0) is 122 Å². The second-order valence-electron chi connectivity index (χ2n) is 19.4. The van der Waals surface area contributed by atoms with Crippen LogP contribution in [0.15, 0.2) is 12.2 Å². The smallest absolute Gasteiger partial charge is 0.302 e. The Hall–Kier alpha value is -2.58. The van der Waals surface area contributed by atoms with Crippen molar-refractivity contribution >= 4 is 23.9 Å². The molecule has 1 saturated heterocycles. The van der Waals surface area contributed by atoms with E-state index < -0.39 is 42.5 Å². The summed E-state index contributed by atoms with van der Waals surface area (Å²) in [4.78, 5) is 39.0. The first-order chi connectivity index (χ1) is 26.2. The minimum Gasteiger partial charge on any atom is -0.481 e. The van der Waals surface area contributed by atoms with Crippen molar-refractivity contribution in [2.75, 3.05) is 13.2 Å². The first kappa shape index (κ1) is 48.8. The fourth-order valence-corrected chi connectivity index (χ4v) is 13.4. The Balaban J connectivity index is 0.000000640. The predicted octanol–water partition coefficient (Wildman–Crippen LogP) is 6.69. The third-order valence-electron chi connectivity index (χ3n) is 15.8. The maximum Gasteiger partial charge on any atom is 0.302 e. The molecule has 14 atom stereocenters. The summed E-state index contributed by atoms with van der Waals surface area (Å²) in [5.74, 6) is 0.120. The average molecular weight is 811 g/mol. The highest BCUT2D eigenvalue weighted by Gasteiger charge is 2.71. The average Bonchev–Trinajstić information content (AvgIpc) is 3.46. The molecule has 6 N–H and O–H groups in total. The number of carbonyl (C=O) groups is 4. The Morgan fingerprint density at radius 3 is 1.84 bits per heavy atom. The van der Waals surface area contributed by atoms with E-state index in [0.717, 1.165) is 46.5 Å². The number of allylic oxidation sites excluding steroid dienone is 1. The van der Waals surface area contributed by atoms with Gasteiger partial charge >= 0.3 is 5.97 Å². The van der Waals surface area contributed by atoms with E-state index in [4.69, 9.17) is 43.9 Å². The summed E-state index contributed by atoms with van der Waals surface area (Å²) < 4.78 is 17.9. The fraction of sp³-hybridized carbons (Fsp3) is 0.864. The van der Waals surface area contributed by atoms with Crippen molar-refractivity contribution in [1.82, 2.24) is 0 Å². The molecule has 328 valence electrons. The van der Waals surface area contributed by atoms with Gasteiger partial charge in [0.05, 0.1) is 25.4 Å². The van der Waals surface area contributed by atoms with Crippen LogP contribution in [0.2, 0.25) is 0 Å². The molecule has 0 aromatic rings. The van der Waals surface area contributed by atoms with Crippen molar-refractivity contribution in [3.63, 3.8) is 0 Å². The maximum absolute atomic E-state index is 12.0. The second-order valence-corrected chi connectivity index (χ2v) is 19.4. The molecule has 57 heavy (non-hydrogen) atoms. The molecule has 0 spiro atoms. The van der Waals surface area contributed by atoms with Crippen LogP contribution in [0.3, 0.4) is 0 Å². The van der Waals surface area contributed by atoms with Gasteiger partial charge in [-0.15, -0.1) is 0 Å². The molecule has 6 fully saturated rings. The molecule has 5 saturated carbocycles. The quantitative estimate of drug-likeness (QED) is 0.122. The monoisotopic (exact) mass is 811 g/mol. The van der Waals surface area contributed by atoms with Crippen LogP contribution in [0, 0.1) is 56.7 Å². The molecular weight excluding hydrogens is 736 g/mol. The Kier molecular flexibility index (Phi) is 16.1. The molecule has 13 nitrogen and oxygen atoms in total. The lowest BCUT2D eigenvalue weighted by Crippen LogP contribution is -2.67. The number of ether oxygens (including phenoxy) is 3. The van der Waals surface area contributed by atoms with Gasteiger partial charge in [0.2, 0.25) is 0 Å². The molecule has 6 aliphatic rings. The minimum absolute atomic E-state index is 0.0254. The van der Waals surface area contributed by atoms with Crippen LogP contribution in [0.1, 0.15) is 140 Å². The molecule has 2 unspecified atom stereocenters. The number of fused-ring (bicyclic) bond motifs is 7. The number of carboxylic acids is 3. The van der Waals surface area contributed by atoms with E-state index in [1.165, 1.54) is 44.1 Å². The first-order valence-electron chi connectivity index (χ1n) is 20.9. The number of esters is 1. The first-order valence-corrected chi connectivity index (χ1v) is 20.9. The third-order valence-corrected chi connectivity index (χ3v) is 15.8. The van der Waals surface area contributed by atoms with E-state index in [1.54, 1.807) is 6.92 Å². The van der Waals surface area contributed by atoms with Gasteiger partial charge < -0.3 is 44.8 Å². The van der Waals surface area contributed by atoms with Gasteiger partial charge in [-0.25, -0.2) is 0 Å². The number of aliphatic hydroxyl groups is 3. The van der Waals surface area contributed by atoms with Crippen LogP contribution in [-0.2, 0) is 33.4 Å². The number of rotatable bonds is 6. The molecular formula is C44H74O13. The normalized spacial score (nSPS) is 42.5. The highest BCUT2D eigenvalue weighted by molar-refractivity contribution is 5.66. The lowest BCUT2D eigenvalue weighted by Gasteiger charge is -2.73. The standard InChI is InChI=1S/C38H62O7.3C2H4O2/c1-22(2)24-11-16-38(21-43-23(3)40)18-17-36(7)25(32(24)38)9-10-29-35(6)14-13-30(34(4,5)28(35)12-15-37(29,36)8)44-26-19-31(41)45-27(20-39)33(26)42;3*1-2(3)4/h24-33,39,41-42H,1,9-21H2,2-8H3;3*1H3,(H,3,4)/t24-,25+,26+,27+,28-,29+,30?,31?,32+,33+,35-,36+,37+,38+;;;/m0.../s1. The molecule has 13 heteroatoms. The molecule has 1 aliphatic heterocycles. The summed E-state index contributed by atoms with van der Waals surface area (Å²) in [6.45, 7) is 24.4. The van der Waals surface area contributed by atoms with Crippen LogP contribution < -0.4 is 0 Å². The van der Waals surface area contributed by atoms with Gasteiger partial charge in [0.1, 0.15) is 12.2 Å². The lowest BCUT2D eigenvalue weighted by molar-refractivity contribution is -0.283. The van der Waals surface area contributed by atoms with Crippen molar-refractivity contribution in [3.05, 3.63) is 12.2 Å². The molecule has 0 amide bonds. The van der Waals surface area contributed by atoms with Gasteiger partial charge in [0.25, 0.3) is 17.9 Å². The van der Waals surface area contributed by atoms with Gasteiger partial charge in [0.15, 0.2) is 6.29 Å². The van der Waals surface area contributed by atoms with E-state index >= 15 is 0 Å². The molecule has 6 rings (SSSR count). The van der Waals surface area contributed by atoms with Gasteiger partial charge in [-0.2, -0.15) is 0 Å². The summed E-state index contributed by atoms with van der Waals surface area (Å²) in [7, 11) is 0. The van der Waals surface area contributed by atoms with Crippen molar-refractivity contribution in [2.24, 2.45) is 56.7 Å². The van der Waals surface area contributed by atoms with E-state index in [-0.39, 0.29) is 52.2 Å². The number of hydrogen-bond donors (Lipinski definition) is 6. The SMILES string of the molecule is C=C(C)[C@@H]1CC[C@]2(COC(C)=O)CC[C@]3(C)[C@H](CC[C@@H]4[C@@]5(C)CCC(O[C@@H]6CC(O)O[C@H](CO)[C@@H]6O)C(C)(C)[C@@H]5CC[C@]43C)[C@@H]12.CC(=O)O.CC(=O)O.CC(=O)O.